The van der Waals surface area contributed by atoms with Crippen molar-refractivity contribution >= 4 is 70.0 Å². The van der Waals surface area contributed by atoms with E-state index in [1.165, 1.54) is 78.1 Å². The van der Waals surface area contributed by atoms with Crippen molar-refractivity contribution in [2.24, 2.45) is 7.05 Å². The number of fused-ring (bicyclic) bond motifs is 20. The molecule has 46 heteroatoms. The Bertz CT molecular complexity index is 6650. The van der Waals surface area contributed by atoms with E-state index in [4.69, 9.17) is 28.4 Å². The average molecular weight is 1850 g/mol. The topological polar surface area (TPSA) is 565 Å². The number of β-amino-alcohol motifs (C(OH)–C–C–N with tert-alkyl or cyclic N) is 2. The van der Waals surface area contributed by atoms with Crippen molar-refractivity contribution in [3.8, 4) is 23.5 Å². The Hall–Kier alpha value is -16.1. The molecule has 135 heavy (non-hydrogen) atoms. The molecule has 2 atom stereocenters. The summed E-state index contributed by atoms with van der Waals surface area (Å²) in [5.74, 6) is -2.91. The Kier molecular flexibility index (Phi) is 29.7. The number of hydrogen-bond donors (Lipinski definition) is 10. The number of pyridine rings is 2. The molecule has 6 aliphatic rings. The van der Waals surface area contributed by atoms with E-state index in [1.807, 2.05) is 20.8 Å². The lowest BCUT2D eigenvalue weighted by atomic mass is 10.1. The quantitative estimate of drug-likeness (QED) is 0.119. The summed E-state index contributed by atoms with van der Waals surface area (Å²) in [4.78, 5) is 161. The van der Waals surface area contributed by atoms with Crippen molar-refractivity contribution in [2.45, 2.75) is 115 Å². The first-order valence-corrected chi connectivity index (χ1v) is 43.3. The Morgan fingerprint density at radius 1 is 0.363 bits per heavy atom. The van der Waals surface area contributed by atoms with Crippen molar-refractivity contribution in [2.75, 3.05) is 100 Å². The van der Waals surface area contributed by atoms with Gasteiger partial charge in [0.1, 0.15) is 36.8 Å². The van der Waals surface area contributed by atoms with Crippen LogP contribution in [0.15, 0.2) is 177 Å². The number of anilines is 4. The summed E-state index contributed by atoms with van der Waals surface area (Å²) in [6, 6.07) is 34.6. The van der Waals surface area contributed by atoms with E-state index in [9.17, 15) is 67.7 Å². The highest BCUT2D eigenvalue weighted by molar-refractivity contribution is 6.11. The molecule has 8 amide bonds. The maximum absolute atomic E-state index is 13.1. The summed E-state index contributed by atoms with van der Waals surface area (Å²) >= 11 is 0. The van der Waals surface area contributed by atoms with Gasteiger partial charge in [0, 0.05) is 144 Å². The lowest BCUT2D eigenvalue weighted by molar-refractivity contribution is 0.0658. The number of rotatable bonds is 2. The van der Waals surface area contributed by atoms with Crippen molar-refractivity contribution < 1.29 is 77.0 Å². The third-order valence-corrected chi connectivity index (χ3v) is 21.3. The zero-order chi connectivity index (χ0) is 94.8. The Morgan fingerprint density at radius 2 is 0.726 bits per heavy atom. The van der Waals surface area contributed by atoms with Gasteiger partial charge in [0.15, 0.2) is 22.8 Å². The number of benzene rings is 2. The third-order valence-electron chi connectivity index (χ3n) is 21.3. The van der Waals surface area contributed by atoms with Crippen LogP contribution in [0, 0.1) is 0 Å². The minimum absolute atomic E-state index is 0.0179. The molecule has 2 unspecified atom stereocenters. The summed E-state index contributed by atoms with van der Waals surface area (Å²) in [5.41, 5.74) is 2.93. The Labute approximate surface area is 766 Å². The molecule has 46 nitrogen and oxygen atoms in total. The fourth-order valence-corrected chi connectivity index (χ4v) is 14.3. The first-order valence-electron chi connectivity index (χ1n) is 43.3. The van der Waals surface area contributed by atoms with Crippen LogP contribution in [0.4, 0.5) is 22.7 Å². The molecule has 0 spiro atoms. The first-order chi connectivity index (χ1) is 65.1. The molecular weight excluding hydrogens is 1750 g/mol. The van der Waals surface area contributed by atoms with Crippen LogP contribution in [-0.2, 0) is 48.2 Å². The molecule has 10 aromatic heterocycles. The van der Waals surface area contributed by atoms with E-state index in [0.717, 1.165) is 25.7 Å². The Balaban J connectivity index is 0.000000137. The summed E-state index contributed by atoms with van der Waals surface area (Å²) in [7, 11) is 1.63. The first kappa shape index (κ1) is 93.6. The predicted octanol–water partition coefficient (Wildman–Crippen LogP) is 2.74. The SMILES string of the molecule is CC(C)(C)n1cc2c(n1)C(=O)NCCCOc1ccc(=O)n(n1)Cc1cccc(n1)C(=O)N2.Cn1cc2c(n1)C(=O)NCC(O)COc1ccc(=O)n(n1)Cc1cccc(c1)C(=O)N2.O=C1Nc2cn(C3CCOCC3)nc2C(=O)NCC(O)COc2ccc(=O)n(n2)Cc2cccc1c2.O=C1Nc2cn(C3CCOCC3)nc2C(=O)NCCCOc2ccc(=O)n(n2)Cc2cccc1n2. The molecule has 702 valence electrons. The van der Waals surface area contributed by atoms with Gasteiger partial charge in [0.2, 0.25) is 23.5 Å². The molecule has 0 radical (unpaired) electrons. The maximum Gasteiger partial charge on any atom is 0.274 e. The minimum atomic E-state index is -1.04. The number of carbonyl (C=O) groups excluding carboxylic acids is 8. The van der Waals surface area contributed by atoms with Gasteiger partial charge in [-0.15, -0.1) is 20.4 Å². The Morgan fingerprint density at radius 3 is 1.15 bits per heavy atom. The second-order valence-electron chi connectivity index (χ2n) is 32.7. The predicted molar refractivity (Wildman–Crippen MR) is 479 cm³/mol. The van der Waals surface area contributed by atoms with E-state index >= 15 is 0 Å². The number of aryl methyl sites for hydroxylation is 1. The molecule has 2 aromatic carbocycles. The number of aliphatic hydroxyl groups is 2. The molecule has 12 aromatic rings. The summed E-state index contributed by atoms with van der Waals surface area (Å²) in [6.45, 7) is 9.35. The summed E-state index contributed by atoms with van der Waals surface area (Å²) < 4.78 is 44.4. The number of hydrogen-bond acceptors (Lipinski definition) is 30. The minimum Gasteiger partial charge on any atom is -0.477 e. The van der Waals surface area contributed by atoms with Gasteiger partial charge in [-0.3, -0.25) is 76.3 Å². The van der Waals surface area contributed by atoms with E-state index in [2.05, 4.69) is 93.3 Å². The lowest BCUT2D eigenvalue weighted by Gasteiger charge is -2.22. The molecular formula is C89H96N26O20. The van der Waals surface area contributed by atoms with E-state index < -0.39 is 65.0 Å². The van der Waals surface area contributed by atoms with Gasteiger partial charge in [0.05, 0.1) is 91.2 Å². The van der Waals surface area contributed by atoms with Crippen LogP contribution in [0.25, 0.3) is 0 Å². The van der Waals surface area contributed by atoms with E-state index in [-0.39, 0.29) is 162 Å². The van der Waals surface area contributed by atoms with Gasteiger partial charge in [-0.25, -0.2) is 28.7 Å². The lowest BCUT2D eigenvalue weighted by Crippen LogP contribution is -2.36. The maximum atomic E-state index is 13.1. The molecule has 16 heterocycles. The average Bonchev–Trinajstić information content (AvgIpc) is 1.68. The smallest absolute Gasteiger partial charge is 0.274 e. The number of nitrogens with one attached hydrogen (secondary N) is 8. The second-order valence-corrected chi connectivity index (χ2v) is 32.7. The standard InChI is InChI=1S/C24H26N6O6.C23H25N7O5.C22H25N7O4.C20H20N6O5/c31-18-11-25-24(34)22-19(13-29(28-22)17-6-8-35-9-7-17)26-23(33)16-3-1-2-15(10-16)12-30-21(32)5-4-20(27-30)36-14-18;31-20-6-5-19-27-30(20)13-15-3-1-4-17(25-15)22(32)26-18-14-29(16-7-11-34-12-8-16)28-21(18)23(33)24-9-2-10-35-19;1-22(2,3)29-13-16-19(27-29)21(32)23-10-5-11-33-17-8-9-18(30)28(26-17)12-14-6-4-7-15(24-14)20(31)25-16;1-25-10-15-18(24-25)20(30)21-8-14(27)11-31-16-5-6-17(28)26(23-16)9-12-3-2-4-13(7-12)19(29)22-15/h1-5,10,13,17-18,31H,6-9,11-12,14H2,(H,25,34)(H,26,33);1,3-6,14,16H,2,7-13H2,(H,24,33)(H,26,32);4,6-9,13H,5,10-12H2,1-3H3,(H,23,32)(H,25,31);2-7,10,14,27H,8-9,11H2,1H3,(H,21,30)(H,22,29). The fraction of sp³-hybridized carbons (Fsp3) is 0.348. The van der Waals surface area contributed by atoms with Gasteiger partial charge in [-0.05, 0) is 119 Å². The van der Waals surface area contributed by atoms with Gasteiger partial charge < -0.3 is 81.2 Å². The zero-order valence-electron chi connectivity index (χ0n) is 73.7. The fourth-order valence-electron chi connectivity index (χ4n) is 14.3. The third kappa shape index (κ3) is 24.6. The van der Waals surface area contributed by atoms with Crippen LogP contribution >= 0.6 is 0 Å². The second kappa shape index (κ2) is 42.9. The molecule has 2 fully saturated rings. The number of ether oxygens (including phenoxy) is 6. The van der Waals surface area contributed by atoms with E-state index in [0.29, 0.717) is 105 Å². The summed E-state index contributed by atoms with van der Waals surface area (Å²) in [6.07, 6.45) is 8.43. The molecule has 2 saturated heterocycles. The van der Waals surface area contributed by atoms with Crippen molar-refractivity contribution in [1.82, 2.24) is 109 Å². The number of aromatic nitrogens is 18. The highest BCUT2D eigenvalue weighted by atomic mass is 16.5. The molecule has 0 aliphatic carbocycles. The van der Waals surface area contributed by atoms with Crippen LogP contribution in [0.5, 0.6) is 23.5 Å². The monoisotopic (exact) mass is 1850 g/mol. The summed E-state index contributed by atoms with van der Waals surface area (Å²) in [5, 5.41) is 76.5. The molecule has 16 bridgehead atoms. The molecule has 10 N–H and O–H groups in total. The number of aliphatic hydroxyl groups excluding tert-OH is 2. The van der Waals surface area contributed by atoms with Crippen molar-refractivity contribution in [3.63, 3.8) is 0 Å². The van der Waals surface area contributed by atoms with Crippen LogP contribution in [0.2, 0.25) is 0 Å². The van der Waals surface area contributed by atoms with Gasteiger partial charge >= 0.3 is 0 Å². The number of nitrogens with zero attached hydrogens (tertiary/aromatic N) is 18. The normalized spacial score (nSPS) is 17.3. The van der Waals surface area contributed by atoms with Crippen LogP contribution in [-0.4, -0.2) is 237 Å². The van der Waals surface area contributed by atoms with E-state index in [1.54, 1.807) is 125 Å². The van der Waals surface area contributed by atoms with Gasteiger partial charge in [-0.1, -0.05) is 36.4 Å². The number of amides is 8. The van der Waals surface area contributed by atoms with Crippen molar-refractivity contribution in [1.29, 1.82) is 0 Å². The molecule has 18 rings (SSSR count). The number of carbonyl (C=O) groups is 8. The highest BCUT2D eigenvalue weighted by Crippen LogP contribution is 2.29. The zero-order valence-corrected chi connectivity index (χ0v) is 73.7. The highest BCUT2D eigenvalue weighted by Gasteiger charge is 2.31. The largest absolute Gasteiger partial charge is 0.477 e. The van der Waals surface area contributed by atoms with Crippen molar-refractivity contribution in [3.05, 3.63) is 267 Å². The molecule has 6 aliphatic heterocycles. The van der Waals surface area contributed by atoms with Crippen LogP contribution < -0.4 is 83.7 Å². The van der Waals surface area contributed by atoms with Crippen LogP contribution in [0.3, 0.4) is 0 Å². The van der Waals surface area contributed by atoms with Gasteiger partial charge in [-0.2, -0.15) is 20.4 Å². The molecule has 0 saturated carbocycles. The van der Waals surface area contributed by atoms with Gasteiger partial charge in [0.25, 0.3) is 69.5 Å². The van der Waals surface area contributed by atoms with Crippen LogP contribution in [0.1, 0.15) is 178 Å².